The maximum Gasteiger partial charge on any atom is 0.244 e. The Balaban J connectivity index is 1.75. The molecule has 2 aliphatic rings. The first kappa shape index (κ1) is 19.1. The van der Waals surface area contributed by atoms with Crippen molar-refractivity contribution >= 4 is 15.9 Å². The Morgan fingerprint density at radius 3 is 2.46 bits per heavy atom. The van der Waals surface area contributed by atoms with Gasteiger partial charge in [-0.3, -0.25) is 4.79 Å². The first-order valence-electron chi connectivity index (χ1n) is 8.65. The van der Waals surface area contributed by atoms with Gasteiger partial charge in [-0.05, 0) is 30.7 Å². The molecule has 0 spiro atoms. The summed E-state index contributed by atoms with van der Waals surface area (Å²) in [6.45, 7) is 2.40. The number of fused-ring (bicyclic) bond motifs is 1. The smallest absolute Gasteiger partial charge is 0.244 e. The molecule has 9 heteroatoms. The van der Waals surface area contributed by atoms with Crippen molar-refractivity contribution in [2.75, 3.05) is 27.3 Å². The third-order valence-corrected chi connectivity index (χ3v) is 7.15. The minimum atomic E-state index is -3.60. The Morgan fingerprint density at radius 1 is 1.23 bits per heavy atom. The van der Waals surface area contributed by atoms with E-state index in [1.165, 1.54) is 30.6 Å². The van der Waals surface area contributed by atoms with Gasteiger partial charge in [0.05, 0.1) is 25.5 Å². The van der Waals surface area contributed by atoms with Crippen LogP contribution in [0.5, 0.6) is 5.88 Å². The second-order valence-corrected chi connectivity index (χ2v) is 8.87. The van der Waals surface area contributed by atoms with Crippen LogP contribution in [0.15, 0.2) is 23.2 Å². The molecule has 0 radical (unpaired) electrons. The number of nitrogens with zero attached hydrogens (tertiary/aromatic N) is 2. The molecular formula is C17H25N3O5S. The second kappa shape index (κ2) is 7.50. The molecule has 1 aliphatic carbocycles. The zero-order valence-electron chi connectivity index (χ0n) is 15.2. The Kier molecular flexibility index (Phi) is 5.50. The quantitative estimate of drug-likeness (QED) is 0.801. The molecule has 2 fully saturated rings. The van der Waals surface area contributed by atoms with E-state index in [2.05, 4.69) is 10.3 Å². The van der Waals surface area contributed by atoms with Crippen LogP contribution in [0.25, 0.3) is 0 Å². The molecule has 1 aromatic rings. The van der Waals surface area contributed by atoms with Gasteiger partial charge in [0.2, 0.25) is 21.8 Å². The number of methoxy groups -OCH3 is 2. The van der Waals surface area contributed by atoms with Crippen molar-refractivity contribution in [3.05, 3.63) is 18.3 Å². The van der Waals surface area contributed by atoms with Gasteiger partial charge in [-0.15, -0.1) is 0 Å². The largest absolute Gasteiger partial charge is 0.481 e. The first-order valence-corrected chi connectivity index (χ1v) is 10.1. The van der Waals surface area contributed by atoms with Crippen LogP contribution in [-0.4, -0.2) is 63.1 Å². The summed E-state index contributed by atoms with van der Waals surface area (Å²) >= 11 is 0. The number of rotatable bonds is 5. The molecule has 1 saturated heterocycles. The number of amides is 1. The van der Waals surface area contributed by atoms with E-state index in [-0.39, 0.29) is 34.8 Å². The second-order valence-electron chi connectivity index (χ2n) is 6.93. The SMILES string of the molecule is COc1ccc(S(=O)(=O)N2C[C@H]3C[C@@H](NC(C)=O)[C@H](OC)C[C@H]3C2)cn1. The molecule has 8 nitrogen and oxygen atoms in total. The fourth-order valence-corrected chi connectivity index (χ4v) is 5.53. The highest BCUT2D eigenvalue weighted by Crippen LogP contribution is 2.39. The van der Waals surface area contributed by atoms with E-state index < -0.39 is 10.0 Å². The van der Waals surface area contributed by atoms with Crippen molar-refractivity contribution in [1.82, 2.24) is 14.6 Å². The van der Waals surface area contributed by atoms with Gasteiger partial charge in [0.1, 0.15) is 4.90 Å². The standard InChI is InChI=1S/C17H25N3O5S/c1-11(21)19-15-6-12-9-20(10-13(12)7-16(15)24-2)26(22,23)14-4-5-17(25-3)18-8-14/h4-5,8,12-13,15-16H,6-7,9-10H2,1-3H3,(H,19,21)/t12-,13+,15-,16-/m1/s1. The number of ether oxygens (including phenoxy) is 2. The number of carbonyl (C=O) groups is 1. The summed E-state index contributed by atoms with van der Waals surface area (Å²) in [5.74, 6) is 0.715. The van der Waals surface area contributed by atoms with Crippen LogP contribution in [0.1, 0.15) is 19.8 Å². The van der Waals surface area contributed by atoms with Crippen molar-refractivity contribution in [2.24, 2.45) is 11.8 Å². The molecule has 0 aromatic carbocycles. The van der Waals surface area contributed by atoms with Crippen molar-refractivity contribution in [3.8, 4) is 5.88 Å². The summed E-state index contributed by atoms with van der Waals surface area (Å²) < 4.78 is 37.9. The molecule has 3 rings (SSSR count). The van der Waals surface area contributed by atoms with Crippen molar-refractivity contribution in [1.29, 1.82) is 0 Å². The average Bonchev–Trinajstić information content (AvgIpc) is 3.04. The third-order valence-electron chi connectivity index (χ3n) is 5.33. The van der Waals surface area contributed by atoms with Gasteiger partial charge in [-0.2, -0.15) is 4.31 Å². The summed E-state index contributed by atoms with van der Waals surface area (Å²) in [6, 6.07) is 2.98. The fourth-order valence-electron chi connectivity index (χ4n) is 4.03. The molecule has 1 N–H and O–H groups in total. The molecule has 1 saturated carbocycles. The predicted molar refractivity (Wildman–Crippen MR) is 94.2 cm³/mol. The van der Waals surface area contributed by atoms with Gasteiger partial charge in [0.25, 0.3) is 0 Å². The minimum absolute atomic E-state index is 0.0796. The van der Waals surface area contributed by atoms with E-state index >= 15 is 0 Å². The molecule has 1 amide bonds. The van der Waals surface area contributed by atoms with Crippen molar-refractivity contribution in [3.63, 3.8) is 0 Å². The normalized spacial score (nSPS) is 29.2. The zero-order chi connectivity index (χ0) is 18.9. The van der Waals surface area contributed by atoms with Gasteiger partial charge in [0.15, 0.2) is 0 Å². The third kappa shape index (κ3) is 3.70. The summed E-state index contributed by atoms with van der Waals surface area (Å²) in [4.78, 5) is 15.6. The highest BCUT2D eigenvalue weighted by Gasteiger charge is 2.46. The van der Waals surface area contributed by atoms with Crippen LogP contribution in [0, 0.1) is 11.8 Å². The summed E-state index contributed by atoms with van der Waals surface area (Å²) in [5, 5.41) is 2.94. The van der Waals surface area contributed by atoms with Crippen LogP contribution in [0.4, 0.5) is 0 Å². The van der Waals surface area contributed by atoms with E-state index in [0.717, 1.165) is 12.8 Å². The highest BCUT2D eigenvalue weighted by atomic mass is 32.2. The molecule has 1 aromatic heterocycles. The van der Waals surface area contributed by atoms with Crippen LogP contribution in [0.2, 0.25) is 0 Å². The van der Waals surface area contributed by atoms with Gasteiger partial charge in [-0.1, -0.05) is 0 Å². The lowest BCUT2D eigenvalue weighted by Gasteiger charge is -2.37. The number of pyridine rings is 1. The number of hydrogen-bond donors (Lipinski definition) is 1. The lowest BCUT2D eigenvalue weighted by molar-refractivity contribution is -0.121. The van der Waals surface area contributed by atoms with Gasteiger partial charge < -0.3 is 14.8 Å². The molecule has 2 heterocycles. The molecular weight excluding hydrogens is 358 g/mol. The molecule has 144 valence electrons. The number of aromatic nitrogens is 1. The Hall–Kier alpha value is -1.71. The zero-order valence-corrected chi connectivity index (χ0v) is 16.0. The van der Waals surface area contributed by atoms with Gasteiger partial charge in [0, 0.05) is 33.2 Å². The van der Waals surface area contributed by atoms with Crippen LogP contribution < -0.4 is 10.1 Å². The number of sulfonamides is 1. The van der Waals surface area contributed by atoms with Crippen LogP contribution in [-0.2, 0) is 19.6 Å². The molecule has 4 atom stereocenters. The molecule has 26 heavy (non-hydrogen) atoms. The number of hydrogen-bond acceptors (Lipinski definition) is 6. The van der Waals surface area contributed by atoms with Crippen LogP contribution >= 0.6 is 0 Å². The number of carbonyl (C=O) groups excluding carboxylic acids is 1. The Morgan fingerprint density at radius 2 is 1.92 bits per heavy atom. The van der Waals surface area contributed by atoms with Gasteiger partial charge in [-0.25, -0.2) is 13.4 Å². The fraction of sp³-hybridized carbons (Fsp3) is 0.647. The van der Waals surface area contributed by atoms with E-state index in [1.807, 2.05) is 0 Å². The maximum atomic E-state index is 12.9. The maximum absolute atomic E-state index is 12.9. The first-order chi connectivity index (χ1) is 12.3. The monoisotopic (exact) mass is 383 g/mol. The van der Waals surface area contributed by atoms with E-state index in [0.29, 0.717) is 19.0 Å². The van der Waals surface area contributed by atoms with Gasteiger partial charge >= 0.3 is 0 Å². The summed E-state index contributed by atoms with van der Waals surface area (Å²) in [5.41, 5.74) is 0. The van der Waals surface area contributed by atoms with Crippen molar-refractivity contribution < 1.29 is 22.7 Å². The van der Waals surface area contributed by atoms with E-state index in [1.54, 1.807) is 13.2 Å². The van der Waals surface area contributed by atoms with E-state index in [4.69, 9.17) is 9.47 Å². The Labute approximate surface area is 153 Å². The minimum Gasteiger partial charge on any atom is -0.481 e. The van der Waals surface area contributed by atoms with Crippen molar-refractivity contribution in [2.45, 2.75) is 36.8 Å². The lowest BCUT2D eigenvalue weighted by Crippen LogP contribution is -2.49. The molecule has 0 unspecified atom stereocenters. The summed E-state index contributed by atoms with van der Waals surface area (Å²) in [6.07, 6.45) is 2.69. The average molecular weight is 383 g/mol. The van der Waals surface area contributed by atoms with Crippen LogP contribution in [0.3, 0.4) is 0 Å². The topological polar surface area (TPSA) is 97.8 Å². The highest BCUT2D eigenvalue weighted by molar-refractivity contribution is 7.89. The Bertz CT molecular complexity index is 752. The molecule has 1 aliphatic heterocycles. The predicted octanol–water partition coefficient (Wildman–Crippen LogP) is 0.640. The summed E-state index contributed by atoms with van der Waals surface area (Å²) in [7, 11) is -0.483. The number of nitrogens with one attached hydrogen (secondary N) is 1. The molecule has 0 bridgehead atoms. The van der Waals surface area contributed by atoms with E-state index in [9.17, 15) is 13.2 Å². The lowest BCUT2D eigenvalue weighted by atomic mass is 9.77.